The number of carbonyl (C=O) groups is 2. The van der Waals surface area contributed by atoms with Gasteiger partial charge in [0, 0.05) is 10.6 Å². The highest BCUT2D eigenvalue weighted by Gasteiger charge is 2.14. The SMILES string of the molecule is COc1cccc(/C=C(\C)C(=O)Nc2cc(Cl)ccc2C(=O)O)c1. The molecule has 0 bridgehead atoms. The van der Waals surface area contributed by atoms with Gasteiger partial charge in [-0.05, 0) is 48.9 Å². The first-order chi connectivity index (χ1) is 11.4. The fraction of sp³-hybridized carbons (Fsp3) is 0.111. The van der Waals surface area contributed by atoms with Gasteiger partial charge in [0.05, 0.1) is 18.4 Å². The smallest absolute Gasteiger partial charge is 0.337 e. The van der Waals surface area contributed by atoms with Crippen LogP contribution in [0.2, 0.25) is 5.02 Å². The highest BCUT2D eigenvalue weighted by atomic mass is 35.5. The standard InChI is InChI=1S/C18H16ClNO4/c1-11(8-12-4-3-5-14(9-12)24-2)17(21)20-16-10-13(19)6-7-15(16)18(22)23/h3-10H,1-2H3,(H,20,21)(H,22,23)/b11-8+. The number of ether oxygens (including phenoxy) is 1. The summed E-state index contributed by atoms with van der Waals surface area (Å²) >= 11 is 5.87. The van der Waals surface area contributed by atoms with Crippen molar-refractivity contribution in [3.05, 3.63) is 64.2 Å². The van der Waals surface area contributed by atoms with Crippen LogP contribution in [0, 0.1) is 0 Å². The Hall–Kier alpha value is -2.79. The number of carboxylic acid groups (broad SMARTS) is 1. The van der Waals surface area contributed by atoms with E-state index < -0.39 is 11.9 Å². The highest BCUT2D eigenvalue weighted by molar-refractivity contribution is 6.31. The Morgan fingerprint density at radius 1 is 1.21 bits per heavy atom. The summed E-state index contributed by atoms with van der Waals surface area (Å²) < 4.78 is 5.14. The van der Waals surface area contributed by atoms with Crippen LogP contribution < -0.4 is 10.1 Å². The van der Waals surface area contributed by atoms with E-state index in [0.29, 0.717) is 16.3 Å². The van der Waals surface area contributed by atoms with E-state index in [2.05, 4.69) is 5.32 Å². The van der Waals surface area contributed by atoms with Crippen molar-refractivity contribution in [2.45, 2.75) is 6.92 Å². The van der Waals surface area contributed by atoms with Crippen LogP contribution in [0.4, 0.5) is 5.69 Å². The molecule has 0 saturated carbocycles. The first kappa shape index (κ1) is 17.6. The molecule has 1 amide bonds. The van der Waals surface area contributed by atoms with Crippen LogP contribution in [0.1, 0.15) is 22.8 Å². The van der Waals surface area contributed by atoms with Gasteiger partial charge in [0.25, 0.3) is 5.91 Å². The topological polar surface area (TPSA) is 75.6 Å². The van der Waals surface area contributed by atoms with Crippen LogP contribution in [0.5, 0.6) is 5.75 Å². The Morgan fingerprint density at radius 2 is 1.96 bits per heavy atom. The van der Waals surface area contributed by atoms with Gasteiger partial charge in [-0.15, -0.1) is 0 Å². The van der Waals surface area contributed by atoms with Crippen LogP contribution >= 0.6 is 11.6 Å². The second-order valence-corrected chi connectivity index (χ2v) is 5.49. The molecule has 6 heteroatoms. The van der Waals surface area contributed by atoms with Gasteiger partial charge in [-0.25, -0.2) is 4.79 Å². The molecule has 0 saturated heterocycles. The molecule has 0 fully saturated rings. The van der Waals surface area contributed by atoms with E-state index in [9.17, 15) is 14.7 Å². The summed E-state index contributed by atoms with van der Waals surface area (Å²) in [7, 11) is 1.56. The maximum Gasteiger partial charge on any atom is 0.337 e. The predicted molar refractivity (Wildman–Crippen MR) is 93.7 cm³/mol. The van der Waals surface area contributed by atoms with E-state index in [1.807, 2.05) is 12.1 Å². The molecule has 24 heavy (non-hydrogen) atoms. The zero-order valence-electron chi connectivity index (χ0n) is 13.2. The average molecular weight is 346 g/mol. The third-order valence-electron chi connectivity index (χ3n) is 3.30. The summed E-state index contributed by atoms with van der Waals surface area (Å²) in [4.78, 5) is 23.5. The Bertz CT molecular complexity index is 814. The van der Waals surface area contributed by atoms with Crippen molar-refractivity contribution < 1.29 is 19.4 Å². The number of nitrogens with one attached hydrogen (secondary N) is 1. The molecule has 0 aliphatic rings. The lowest BCUT2D eigenvalue weighted by atomic mass is 10.1. The predicted octanol–water partition coefficient (Wildman–Crippen LogP) is 4.09. The first-order valence-corrected chi connectivity index (χ1v) is 7.45. The number of hydrogen-bond donors (Lipinski definition) is 2. The van der Waals surface area contributed by atoms with Gasteiger partial charge in [0.2, 0.25) is 0 Å². The van der Waals surface area contributed by atoms with Crippen molar-refractivity contribution in [2.24, 2.45) is 0 Å². The fourth-order valence-corrected chi connectivity index (χ4v) is 2.25. The lowest BCUT2D eigenvalue weighted by Gasteiger charge is -2.09. The molecule has 0 radical (unpaired) electrons. The van der Waals surface area contributed by atoms with Gasteiger partial charge in [-0.3, -0.25) is 4.79 Å². The summed E-state index contributed by atoms with van der Waals surface area (Å²) in [5.41, 5.74) is 1.34. The minimum Gasteiger partial charge on any atom is -0.497 e. The molecule has 2 aromatic carbocycles. The van der Waals surface area contributed by atoms with E-state index in [4.69, 9.17) is 16.3 Å². The van der Waals surface area contributed by atoms with E-state index in [1.54, 1.807) is 32.2 Å². The van der Waals surface area contributed by atoms with Crippen LogP contribution in [0.25, 0.3) is 6.08 Å². The van der Waals surface area contributed by atoms with Crippen LogP contribution in [-0.2, 0) is 4.79 Å². The molecule has 2 N–H and O–H groups in total. The van der Waals surface area contributed by atoms with E-state index >= 15 is 0 Å². The van der Waals surface area contributed by atoms with Gasteiger partial charge in [-0.2, -0.15) is 0 Å². The molecule has 0 unspecified atom stereocenters. The molecule has 0 aliphatic carbocycles. The largest absolute Gasteiger partial charge is 0.497 e. The fourth-order valence-electron chi connectivity index (χ4n) is 2.07. The molecule has 2 rings (SSSR count). The van der Waals surface area contributed by atoms with E-state index in [0.717, 1.165) is 5.56 Å². The Morgan fingerprint density at radius 3 is 2.62 bits per heavy atom. The molecular weight excluding hydrogens is 330 g/mol. The number of aromatic carboxylic acids is 1. The molecule has 0 atom stereocenters. The van der Waals surface area contributed by atoms with Gasteiger partial charge >= 0.3 is 5.97 Å². The summed E-state index contributed by atoms with van der Waals surface area (Å²) in [6.07, 6.45) is 1.68. The lowest BCUT2D eigenvalue weighted by molar-refractivity contribution is -0.112. The number of carboxylic acids is 1. The molecule has 0 heterocycles. The second-order valence-electron chi connectivity index (χ2n) is 5.05. The summed E-state index contributed by atoms with van der Waals surface area (Å²) in [5.74, 6) is -0.876. The monoisotopic (exact) mass is 345 g/mol. The number of anilines is 1. The third kappa shape index (κ3) is 4.36. The number of amides is 1. The summed E-state index contributed by atoms with van der Waals surface area (Å²) in [6.45, 7) is 1.64. The van der Waals surface area contributed by atoms with Gasteiger partial charge in [0.15, 0.2) is 0 Å². The third-order valence-corrected chi connectivity index (χ3v) is 3.53. The van der Waals surface area contributed by atoms with Crippen molar-refractivity contribution in [3.8, 4) is 5.75 Å². The van der Waals surface area contributed by atoms with Crippen molar-refractivity contribution >= 4 is 35.2 Å². The number of methoxy groups -OCH3 is 1. The van der Waals surface area contributed by atoms with Crippen LogP contribution in [0.15, 0.2) is 48.0 Å². The van der Waals surface area contributed by atoms with E-state index in [-0.39, 0.29) is 11.3 Å². The van der Waals surface area contributed by atoms with Gasteiger partial charge in [0.1, 0.15) is 5.75 Å². The molecule has 2 aromatic rings. The molecule has 0 aromatic heterocycles. The quantitative estimate of drug-likeness (QED) is 0.800. The van der Waals surface area contributed by atoms with Crippen LogP contribution in [-0.4, -0.2) is 24.1 Å². The maximum atomic E-state index is 12.3. The number of rotatable bonds is 5. The first-order valence-electron chi connectivity index (χ1n) is 7.07. The van der Waals surface area contributed by atoms with Crippen molar-refractivity contribution in [2.75, 3.05) is 12.4 Å². The Balaban J connectivity index is 2.24. The number of carbonyl (C=O) groups excluding carboxylic acids is 1. The second kappa shape index (κ2) is 7.66. The average Bonchev–Trinajstić information content (AvgIpc) is 2.54. The highest BCUT2D eigenvalue weighted by Crippen LogP contribution is 2.22. The maximum absolute atomic E-state index is 12.3. The minimum absolute atomic E-state index is 0.0260. The van der Waals surface area contributed by atoms with Gasteiger partial charge < -0.3 is 15.2 Å². The molecule has 0 aliphatic heterocycles. The molecule has 5 nitrogen and oxygen atoms in total. The van der Waals surface area contributed by atoms with Gasteiger partial charge in [-0.1, -0.05) is 23.7 Å². The lowest BCUT2D eigenvalue weighted by Crippen LogP contribution is -2.15. The van der Waals surface area contributed by atoms with Crippen LogP contribution in [0.3, 0.4) is 0 Å². The zero-order valence-corrected chi connectivity index (χ0v) is 13.9. The molecule has 124 valence electrons. The Labute approximate surface area is 144 Å². The van der Waals surface area contributed by atoms with Crippen molar-refractivity contribution in [3.63, 3.8) is 0 Å². The van der Waals surface area contributed by atoms with Crippen molar-refractivity contribution in [1.29, 1.82) is 0 Å². The number of benzene rings is 2. The molecule has 0 spiro atoms. The normalized spacial score (nSPS) is 11.0. The summed E-state index contributed by atoms with van der Waals surface area (Å²) in [5, 5.41) is 12.1. The number of hydrogen-bond acceptors (Lipinski definition) is 3. The zero-order chi connectivity index (χ0) is 17.7. The minimum atomic E-state index is -1.14. The Kier molecular flexibility index (Phi) is 5.60. The molecular formula is C18H16ClNO4. The number of halogens is 1. The summed E-state index contributed by atoms with van der Waals surface area (Å²) in [6, 6.07) is 11.5. The van der Waals surface area contributed by atoms with E-state index in [1.165, 1.54) is 18.2 Å². The van der Waals surface area contributed by atoms with Crippen molar-refractivity contribution in [1.82, 2.24) is 0 Å².